The molecule has 3 aromatic carbocycles. The molecule has 0 saturated heterocycles. The number of rotatable bonds is 5. The van der Waals surface area contributed by atoms with Crippen LogP contribution >= 0.6 is 23.2 Å². The molecular weight excluding hydrogens is 532 g/mol. The fourth-order valence-electron chi connectivity index (χ4n) is 4.51. The molecule has 1 atom stereocenters. The highest BCUT2D eigenvalue weighted by Gasteiger charge is 2.37. The predicted octanol–water partition coefficient (Wildman–Crippen LogP) is 6.12. The van der Waals surface area contributed by atoms with Crippen LogP contribution in [0, 0.1) is 0 Å². The lowest BCUT2D eigenvalue weighted by molar-refractivity contribution is -0.134. The number of carbonyl (C=O) groups excluding carboxylic acids is 1. The molecule has 0 bridgehead atoms. The van der Waals surface area contributed by atoms with E-state index in [1.807, 2.05) is 12.1 Å². The van der Waals surface area contributed by atoms with Crippen LogP contribution < -0.4 is 5.56 Å². The molecule has 4 aromatic rings. The monoisotopic (exact) mass is 549 g/mol. The van der Waals surface area contributed by atoms with E-state index in [1.165, 1.54) is 0 Å². The number of carbonyl (C=O) groups is 2. The highest BCUT2D eigenvalue weighted by atomic mass is 35.5. The zero-order chi connectivity index (χ0) is 27.0. The number of nitrogens with one attached hydrogen (secondary N) is 1. The van der Waals surface area contributed by atoms with E-state index in [-0.39, 0.29) is 23.8 Å². The van der Waals surface area contributed by atoms with Gasteiger partial charge in [-0.3, -0.25) is 9.59 Å². The summed E-state index contributed by atoms with van der Waals surface area (Å²) in [4.78, 5) is 40.3. The number of nitrogens with zero attached hydrogens (tertiary/aromatic N) is 2. The van der Waals surface area contributed by atoms with Crippen molar-refractivity contribution in [2.75, 3.05) is 0 Å². The lowest BCUT2D eigenvalue weighted by Gasteiger charge is -2.21. The number of pyridine rings is 1. The number of benzene rings is 3. The summed E-state index contributed by atoms with van der Waals surface area (Å²) in [6.07, 6.45) is 0.243. The molecule has 5 rings (SSSR count). The van der Waals surface area contributed by atoms with Crippen molar-refractivity contribution in [2.24, 2.45) is 5.10 Å². The van der Waals surface area contributed by atoms with Crippen molar-refractivity contribution in [3.63, 3.8) is 0 Å². The Morgan fingerprint density at radius 3 is 2.26 bits per heavy atom. The number of aromatic nitrogens is 1. The van der Waals surface area contributed by atoms with E-state index in [2.05, 4.69) is 10.1 Å². The number of hydrazone groups is 1. The first-order valence-electron chi connectivity index (χ1n) is 11.4. The fraction of sp³-hybridized carbons (Fsp3) is 0.0714. The minimum absolute atomic E-state index is 0.0652. The number of halogens is 3. The summed E-state index contributed by atoms with van der Waals surface area (Å²) >= 11 is 12.1. The first kappa shape index (κ1) is 25.4. The van der Waals surface area contributed by atoms with Gasteiger partial charge >= 0.3 is 11.9 Å². The number of aromatic amines is 1. The Morgan fingerprint density at radius 1 is 0.974 bits per heavy atom. The Kier molecular flexibility index (Phi) is 6.84. The minimum atomic E-state index is -1.61. The van der Waals surface area contributed by atoms with Crippen molar-refractivity contribution < 1.29 is 19.1 Å². The highest BCUT2D eigenvalue weighted by molar-refractivity contribution is 6.31. The summed E-state index contributed by atoms with van der Waals surface area (Å²) < 4.78 is 14.6. The van der Waals surface area contributed by atoms with Crippen LogP contribution in [-0.4, -0.2) is 32.7 Å². The SMILES string of the molecule is O=C(O)/C=C(/F)C(=O)N1N=C(c2c(-c3ccc(Cl)cc3)c3ccccc3[nH]c2=O)CC1c1ccc(Cl)cc1. The van der Waals surface area contributed by atoms with Gasteiger partial charge in [-0.05, 0) is 41.5 Å². The molecule has 7 nitrogen and oxygen atoms in total. The molecule has 0 spiro atoms. The van der Waals surface area contributed by atoms with Crippen LogP contribution in [0.15, 0.2) is 94.6 Å². The van der Waals surface area contributed by atoms with E-state index in [9.17, 15) is 18.8 Å². The maximum Gasteiger partial charge on any atom is 0.331 e. The average molecular weight is 550 g/mol. The van der Waals surface area contributed by atoms with Gasteiger partial charge in [0.2, 0.25) is 0 Å². The van der Waals surface area contributed by atoms with Crippen molar-refractivity contribution in [3.05, 3.63) is 116 Å². The van der Waals surface area contributed by atoms with Crippen LogP contribution in [0.5, 0.6) is 0 Å². The zero-order valence-corrected chi connectivity index (χ0v) is 21.0. The summed E-state index contributed by atoms with van der Waals surface area (Å²) in [7, 11) is 0. The predicted molar refractivity (Wildman–Crippen MR) is 144 cm³/mol. The Hall–Kier alpha value is -4.27. The molecule has 38 heavy (non-hydrogen) atoms. The van der Waals surface area contributed by atoms with Crippen LogP contribution in [0.25, 0.3) is 22.0 Å². The Labute approximate surface area is 225 Å². The van der Waals surface area contributed by atoms with Crippen LogP contribution in [-0.2, 0) is 9.59 Å². The number of aliphatic carboxylic acids is 1. The van der Waals surface area contributed by atoms with Crippen molar-refractivity contribution in [2.45, 2.75) is 12.5 Å². The third kappa shape index (κ3) is 4.83. The van der Waals surface area contributed by atoms with Gasteiger partial charge in [-0.1, -0.05) is 65.7 Å². The minimum Gasteiger partial charge on any atom is -0.478 e. The van der Waals surface area contributed by atoms with E-state index in [4.69, 9.17) is 28.3 Å². The largest absolute Gasteiger partial charge is 0.478 e. The Bertz CT molecular complexity index is 1700. The van der Waals surface area contributed by atoms with Crippen LogP contribution in [0.3, 0.4) is 0 Å². The lowest BCUT2D eigenvalue weighted by atomic mass is 9.91. The number of hydrogen-bond acceptors (Lipinski definition) is 4. The molecule has 0 saturated carbocycles. The van der Waals surface area contributed by atoms with Gasteiger partial charge in [-0.15, -0.1) is 0 Å². The molecule has 2 heterocycles. The normalized spacial score (nSPS) is 15.6. The number of hydrogen-bond donors (Lipinski definition) is 2. The molecule has 1 aromatic heterocycles. The van der Waals surface area contributed by atoms with Gasteiger partial charge in [0.05, 0.1) is 23.4 Å². The standard InChI is InChI=1S/C28H18Cl2FN3O4/c29-17-9-5-15(6-10-17)23-14-22(33-34(23)28(38)20(31)13-24(35)36)26-25(16-7-11-18(30)12-8-16)19-3-1-2-4-21(19)32-27(26)37/h1-13,23H,14H2,(H,32,37)(H,35,36)/b20-13+. The van der Waals surface area contributed by atoms with E-state index < -0.39 is 29.3 Å². The molecule has 1 aliphatic heterocycles. The second kappa shape index (κ2) is 10.2. The molecule has 0 radical (unpaired) electrons. The summed E-state index contributed by atoms with van der Waals surface area (Å²) in [5.41, 5.74) is 2.45. The Balaban J connectivity index is 1.72. The molecule has 190 valence electrons. The van der Waals surface area contributed by atoms with Crippen LogP contribution in [0.2, 0.25) is 10.0 Å². The summed E-state index contributed by atoms with van der Waals surface area (Å²) in [6.45, 7) is 0. The van der Waals surface area contributed by atoms with E-state index in [0.717, 1.165) is 10.4 Å². The van der Waals surface area contributed by atoms with Gasteiger partial charge in [-0.25, -0.2) is 14.2 Å². The van der Waals surface area contributed by atoms with Crippen molar-refractivity contribution in [1.29, 1.82) is 0 Å². The van der Waals surface area contributed by atoms with Gasteiger partial charge in [-0.2, -0.15) is 5.10 Å². The number of fused-ring (bicyclic) bond motifs is 1. The molecule has 10 heteroatoms. The number of carboxylic acids is 1. The average Bonchev–Trinajstić information content (AvgIpc) is 3.33. The summed E-state index contributed by atoms with van der Waals surface area (Å²) in [5, 5.41) is 15.9. The molecule has 0 fully saturated rings. The summed E-state index contributed by atoms with van der Waals surface area (Å²) in [6, 6.07) is 19.9. The van der Waals surface area contributed by atoms with Gasteiger partial charge in [0.25, 0.3) is 5.56 Å². The third-order valence-electron chi connectivity index (χ3n) is 6.17. The van der Waals surface area contributed by atoms with Gasteiger partial charge < -0.3 is 10.1 Å². The van der Waals surface area contributed by atoms with Gasteiger partial charge in [0.1, 0.15) is 0 Å². The molecule has 0 aliphatic carbocycles. The first-order valence-corrected chi connectivity index (χ1v) is 12.2. The summed E-state index contributed by atoms with van der Waals surface area (Å²) in [5.74, 6) is -4.35. The van der Waals surface area contributed by atoms with E-state index in [1.54, 1.807) is 60.7 Å². The molecule has 1 unspecified atom stereocenters. The molecule has 2 N–H and O–H groups in total. The molecular formula is C28H18Cl2FN3O4. The second-order valence-corrected chi connectivity index (χ2v) is 9.43. The van der Waals surface area contributed by atoms with Crippen molar-refractivity contribution >= 4 is 51.7 Å². The maximum atomic E-state index is 14.6. The van der Waals surface area contributed by atoms with E-state index >= 15 is 0 Å². The van der Waals surface area contributed by atoms with Crippen molar-refractivity contribution in [1.82, 2.24) is 9.99 Å². The highest BCUT2D eigenvalue weighted by Crippen LogP contribution is 2.38. The van der Waals surface area contributed by atoms with Gasteiger partial charge in [0, 0.05) is 32.9 Å². The topological polar surface area (TPSA) is 103 Å². The maximum absolute atomic E-state index is 14.6. The number of H-pyrrole nitrogens is 1. The fourth-order valence-corrected chi connectivity index (χ4v) is 4.76. The number of para-hydroxylation sites is 1. The van der Waals surface area contributed by atoms with Crippen molar-refractivity contribution in [3.8, 4) is 11.1 Å². The number of amides is 1. The third-order valence-corrected chi connectivity index (χ3v) is 6.67. The Morgan fingerprint density at radius 2 is 1.61 bits per heavy atom. The quantitative estimate of drug-likeness (QED) is 0.293. The zero-order valence-electron chi connectivity index (χ0n) is 19.5. The lowest BCUT2D eigenvalue weighted by Crippen LogP contribution is -2.27. The number of carboxylic acid groups (broad SMARTS) is 1. The van der Waals surface area contributed by atoms with Crippen LogP contribution in [0.4, 0.5) is 4.39 Å². The van der Waals surface area contributed by atoms with E-state index in [0.29, 0.717) is 32.3 Å². The first-order chi connectivity index (χ1) is 18.2. The molecule has 1 amide bonds. The van der Waals surface area contributed by atoms with Gasteiger partial charge in [0.15, 0.2) is 5.83 Å². The van der Waals surface area contributed by atoms with Crippen LogP contribution in [0.1, 0.15) is 23.6 Å². The smallest absolute Gasteiger partial charge is 0.331 e. The second-order valence-electron chi connectivity index (χ2n) is 8.56. The molecule has 1 aliphatic rings.